The Morgan fingerprint density at radius 3 is 1.49 bits per heavy atom. The first-order valence-electron chi connectivity index (χ1n) is 22.9. The molecule has 322 valence electrons. The van der Waals surface area contributed by atoms with Crippen molar-refractivity contribution < 1.29 is 38.2 Å². The highest BCUT2D eigenvalue weighted by Crippen LogP contribution is 2.16. The van der Waals surface area contributed by atoms with E-state index in [1.54, 1.807) is 0 Å². The summed E-state index contributed by atoms with van der Waals surface area (Å²) in [5.74, 6) is -1.46. The van der Waals surface area contributed by atoms with Crippen LogP contribution in [0.5, 0.6) is 0 Å². The van der Waals surface area contributed by atoms with E-state index in [0.29, 0.717) is 19.3 Å². The molecule has 0 aliphatic heterocycles. The number of ether oxygens (including phenoxy) is 3. The molecule has 0 saturated heterocycles. The summed E-state index contributed by atoms with van der Waals surface area (Å²) in [5.41, 5.74) is 0. The first kappa shape index (κ1) is 52.8. The van der Waals surface area contributed by atoms with Crippen LogP contribution in [-0.4, -0.2) is 80.6 Å². The number of carbonyl (C=O) groups excluding carboxylic acids is 2. The number of aliphatic carboxylic acids is 1. The van der Waals surface area contributed by atoms with Crippen LogP contribution < -0.4 is 0 Å². The molecule has 55 heavy (non-hydrogen) atoms. The normalized spacial score (nSPS) is 13.1. The van der Waals surface area contributed by atoms with Crippen molar-refractivity contribution in [2.45, 2.75) is 219 Å². The molecule has 0 rings (SSSR count). The fourth-order valence-electron chi connectivity index (χ4n) is 6.84. The number of hydrogen-bond donors (Lipinski definition) is 1. The number of carbonyl (C=O) groups is 3. The number of allylic oxidation sites excluding steroid dienone is 4. The van der Waals surface area contributed by atoms with Gasteiger partial charge in [-0.25, -0.2) is 4.79 Å². The number of rotatable bonds is 41. The summed E-state index contributed by atoms with van der Waals surface area (Å²) in [7, 11) is 5.53. The van der Waals surface area contributed by atoms with Crippen LogP contribution in [0.4, 0.5) is 0 Å². The van der Waals surface area contributed by atoms with Gasteiger partial charge in [-0.05, 0) is 38.5 Å². The van der Waals surface area contributed by atoms with E-state index in [-0.39, 0.29) is 36.2 Å². The molecule has 0 aromatic rings. The lowest BCUT2D eigenvalue weighted by molar-refractivity contribution is -0.887. The van der Waals surface area contributed by atoms with Crippen LogP contribution in [0.25, 0.3) is 0 Å². The molecule has 1 N–H and O–H groups in total. The van der Waals surface area contributed by atoms with E-state index in [1.807, 2.05) is 21.1 Å². The zero-order valence-corrected chi connectivity index (χ0v) is 36.6. The Kier molecular flexibility index (Phi) is 37.1. The Morgan fingerprint density at radius 1 is 0.564 bits per heavy atom. The average molecular weight is 779 g/mol. The lowest BCUT2D eigenvalue weighted by atomic mass is 10.0. The van der Waals surface area contributed by atoms with Crippen molar-refractivity contribution in [1.29, 1.82) is 0 Å². The molecule has 0 aromatic heterocycles. The third kappa shape index (κ3) is 37.2. The fourth-order valence-corrected chi connectivity index (χ4v) is 6.84. The molecular weight excluding hydrogens is 691 g/mol. The molecule has 0 spiro atoms. The highest BCUT2D eigenvalue weighted by molar-refractivity contribution is 5.72. The molecular formula is C47H88NO7+. The van der Waals surface area contributed by atoms with Crippen LogP contribution in [0.1, 0.15) is 206 Å². The summed E-state index contributed by atoms with van der Waals surface area (Å²) in [4.78, 5) is 36.9. The average Bonchev–Trinajstić information content (AvgIpc) is 3.14. The fraction of sp³-hybridized carbons (Fsp3) is 0.851. The second kappa shape index (κ2) is 38.7. The summed E-state index contributed by atoms with van der Waals surface area (Å²) in [6.45, 7) is 4.64. The molecule has 8 nitrogen and oxygen atoms in total. The summed E-state index contributed by atoms with van der Waals surface area (Å²) in [6, 6.07) is -0.610. The number of nitrogens with zero attached hydrogens (tertiary/aromatic N) is 1. The van der Waals surface area contributed by atoms with Gasteiger partial charge in [-0.1, -0.05) is 173 Å². The van der Waals surface area contributed by atoms with E-state index in [1.165, 1.54) is 122 Å². The van der Waals surface area contributed by atoms with Gasteiger partial charge < -0.3 is 23.8 Å². The molecule has 0 aromatic carbocycles. The van der Waals surface area contributed by atoms with Crippen LogP contribution in [0, 0.1) is 0 Å². The Morgan fingerprint density at radius 2 is 1.02 bits per heavy atom. The van der Waals surface area contributed by atoms with Gasteiger partial charge in [0.2, 0.25) is 0 Å². The van der Waals surface area contributed by atoms with E-state index in [2.05, 4.69) is 38.2 Å². The Labute approximate surface area is 339 Å². The van der Waals surface area contributed by atoms with Crippen molar-refractivity contribution in [3.05, 3.63) is 24.3 Å². The molecule has 0 radical (unpaired) electrons. The van der Waals surface area contributed by atoms with Gasteiger partial charge in [-0.15, -0.1) is 0 Å². The lowest BCUT2D eigenvalue weighted by Crippen LogP contribution is -2.50. The van der Waals surface area contributed by atoms with Crippen LogP contribution in [-0.2, 0) is 28.6 Å². The Balaban J connectivity index is 4.20. The smallest absolute Gasteiger partial charge is 0.362 e. The van der Waals surface area contributed by atoms with Gasteiger partial charge in [-0.2, -0.15) is 0 Å². The monoisotopic (exact) mass is 779 g/mol. The summed E-state index contributed by atoms with van der Waals surface area (Å²) in [5, 5.41) is 9.61. The minimum absolute atomic E-state index is 0.0462. The molecule has 0 saturated carbocycles. The largest absolute Gasteiger partial charge is 0.477 e. The maximum atomic E-state index is 12.7. The molecule has 0 fully saturated rings. The third-order valence-corrected chi connectivity index (χ3v) is 10.4. The van der Waals surface area contributed by atoms with Gasteiger partial charge in [0.1, 0.15) is 6.61 Å². The molecule has 0 aliphatic rings. The van der Waals surface area contributed by atoms with Crippen molar-refractivity contribution >= 4 is 17.9 Å². The van der Waals surface area contributed by atoms with Crippen molar-refractivity contribution in [3.8, 4) is 0 Å². The number of esters is 2. The SMILES string of the molecule is CC/C=C/C/C=C/CCCCCCCCCCCCCCCCC(=O)OC(COCCC(C(=O)O)[N+](C)(C)C)COC(=O)CCCCCCCCCCCC. The van der Waals surface area contributed by atoms with Gasteiger partial charge in [-0.3, -0.25) is 9.59 Å². The number of likely N-dealkylation sites (N-methyl/N-ethyl adjacent to an activating group) is 1. The highest BCUT2D eigenvalue weighted by atomic mass is 16.6. The first-order chi connectivity index (χ1) is 26.6. The van der Waals surface area contributed by atoms with E-state index >= 15 is 0 Å². The second-order valence-corrected chi connectivity index (χ2v) is 16.6. The Bertz CT molecular complexity index is 957. The van der Waals surface area contributed by atoms with Gasteiger partial charge in [0.25, 0.3) is 0 Å². The van der Waals surface area contributed by atoms with Crippen LogP contribution in [0.15, 0.2) is 24.3 Å². The minimum Gasteiger partial charge on any atom is -0.477 e. The summed E-state index contributed by atoms with van der Waals surface area (Å²) in [6.07, 6.45) is 42.2. The topological polar surface area (TPSA) is 99.1 Å². The predicted molar refractivity (Wildman–Crippen MR) is 229 cm³/mol. The van der Waals surface area contributed by atoms with E-state index in [4.69, 9.17) is 14.2 Å². The van der Waals surface area contributed by atoms with E-state index in [0.717, 1.165) is 51.4 Å². The van der Waals surface area contributed by atoms with Gasteiger partial charge in [0.15, 0.2) is 12.1 Å². The van der Waals surface area contributed by atoms with Crippen LogP contribution in [0.2, 0.25) is 0 Å². The molecule has 0 bridgehead atoms. The zero-order chi connectivity index (χ0) is 40.7. The van der Waals surface area contributed by atoms with Gasteiger partial charge in [0.05, 0.1) is 34.4 Å². The van der Waals surface area contributed by atoms with Crippen molar-refractivity contribution in [2.24, 2.45) is 0 Å². The van der Waals surface area contributed by atoms with E-state index < -0.39 is 18.1 Å². The number of carboxylic acids is 1. The molecule has 0 heterocycles. The molecule has 0 amide bonds. The predicted octanol–water partition coefficient (Wildman–Crippen LogP) is 12.5. The van der Waals surface area contributed by atoms with Gasteiger partial charge >= 0.3 is 17.9 Å². The molecule has 2 unspecified atom stereocenters. The highest BCUT2D eigenvalue weighted by Gasteiger charge is 2.31. The van der Waals surface area contributed by atoms with Crippen LogP contribution in [0.3, 0.4) is 0 Å². The number of carboxylic acid groups (broad SMARTS) is 1. The molecule has 8 heteroatoms. The minimum atomic E-state index is -0.873. The van der Waals surface area contributed by atoms with Crippen molar-refractivity contribution in [2.75, 3.05) is 41.0 Å². The maximum Gasteiger partial charge on any atom is 0.362 e. The second-order valence-electron chi connectivity index (χ2n) is 16.6. The quantitative estimate of drug-likeness (QED) is 0.0285. The zero-order valence-electron chi connectivity index (χ0n) is 36.6. The number of unbranched alkanes of at least 4 members (excludes halogenated alkanes) is 23. The molecule has 0 aliphatic carbocycles. The van der Waals surface area contributed by atoms with Crippen LogP contribution >= 0.6 is 0 Å². The number of quaternary nitrogens is 1. The third-order valence-electron chi connectivity index (χ3n) is 10.4. The summed E-state index contributed by atoms with van der Waals surface area (Å²) >= 11 is 0. The number of hydrogen-bond acceptors (Lipinski definition) is 6. The van der Waals surface area contributed by atoms with Gasteiger partial charge in [0, 0.05) is 19.3 Å². The lowest BCUT2D eigenvalue weighted by Gasteiger charge is -2.31. The van der Waals surface area contributed by atoms with E-state index in [9.17, 15) is 19.5 Å². The maximum absolute atomic E-state index is 12.7. The first-order valence-corrected chi connectivity index (χ1v) is 22.9. The van der Waals surface area contributed by atoms with Crippen molar-refractivity contribution in [1.82, 2.24) is 0 Å². The summed E-state index contributed by atoms with van der Waals surface area (Å²) < 4.78 is 17.3. The standard InChI is InChI=1S/C47H87NO7/c1-6-8-10-12-14-16-18-19-20-21-22-23-24-25-26-27-28-30-32-34-36-38-46(50)55-43(41-53-40-39-44(47(51)52)48(3,4)5)42-54-45(49)37-35-33-31-29-17-15-13-11-9-7-2/h8,10,14,16,43-44H,6-7,9,11-13,15,17-42H2,1-5H3/p+1/b10-8+,16-14+. The van der Waals surface area contributed by atoms with Crippen molar-refractivity contribution in [3.63, 3.8) is 0 Å². The molecule has 2 atom stereocenters. The Hall–Kier alpha value is -2.19.